The van der Waals surface area contributed by atoms with Crippen LogP contribution in [0, 0.1) is 5.92 Å². The van der Waals surface area contributed by atoms with Gasteiger partial charge < -0.3 is 9.03 Å². The number of rotatable bonds is 11. The summed E-state index contributed by atoms with van der Waals surface area (Å²) >= 11 is 0. The van der Waals surface area contributed by atoms with Crippen molar-refractivity contribution < 1.29 is 48.1 Å². The molecule has 0 amide bonds. The van der Waals surface area contributed by atoms with Crippen LogP contribution in [-0.2, 0) is 20.0 Å². The van der Waals surface area contributed by atoms with E-state index in [9.17, 15) is 43.2 Å². The topological polar surface area (TPSA) is 86.8 Å². The first kappa shape index (κ1) is 30.4. The number of unbranched alkanes of at least 4 members (excludes halogenated alkanes) is 7. The molecule has 1 N–H and O–H groups in total. The van der Waals surface area contributed by atoms with Crippen LogP contribution in [0.3, 0.4) is 0 Å². The van der Waals surface area contributed by atoms with Crippen LogP contribution in [0.25, 0.3) is 4.13 Å². The van der Waals surface area contributed by atoms with E-state index in [0.717, 1.165) is 10.0 Å². The van der Waals surface area contributed by atoms with E-state index in [0.29, 0.717) is 0 Å². The molecule has 2 atom stereocenters. The minimum absolute atomic E-state index is 0.778. The maximum absolute atomic E-state index is 11.4. The summed E-state index contributed by atoms with van der Waals surface area (Å²) in [5, 5.41) is 0. The lowest BCUT2D eigenvalue weighted by Crippen LogP contribution is -3.10. The Morgan fingerprint density at radius 1 is 0.806 bits per heavy atom. The fourth-order valence-corrected chi connectivity index (χ4v) is 4.81. The zero-order chi connectivity index (χ0) is 24.3. The number of hydrogen-bond donors (Lipinski definition) is 1. The summed E-state index contributed by atoms with van der Waals surface area (Å²) in [6.07, 6.45) is 13.1. The Kier molecular flexibility index (Phi) is 12.9. The second-order valence-corrected chi connectivity index (χ2v) is 11.2. The van der Waals surface area contributed by atoms with Crippen molar-refractivity contribution in [3.63, 3.8) is 0 Å². The number of quaternary nitrogens is 1. The summed E-state index contributed by atoms with van der Waals surface area (Å²) in [5.41, 5.74) is -12.4. The highest BCUT2D eigenvalue weighted by atomic mass is 32.3. The molecule has 0 radical (unpaired) electrons. The van der Waals surface area contributed by atoms with E-state index in [2.05, 4.69) is 13.8 Å². The lowest BCUT2D eigenvalue weighted by molar-refractivity contribution is -0.889. The zero-order valence-corrected chi connectivity index (χ0v) is 19.4. The smallest absolute Gasteiger partial charge is 0.421 e. The predicted octanol–water partition coefficient (Wildman–Crippen LogP) is 4.11. The van der Waals surface area contributed by atoms with Crippen LogP contribution in [-0.4, -0.2) is 47.5 Å². The molecule has 2 unspecified atom stereocenters. The first-order valence-corrected chi connectivity index (χ1v) is 13.1. The van der Waals surface area contributed by atoms with E-state index in [-0.39, 0.29) is 0 Å². The maximum Gasteiger partial charge on any atom is 0.480 e. The van der Waals surface area contributed by atoms with Crippen molar-refractivity contribution in [3.05, 3.63) is 4.13 Å². The molecule has 0 aromatic heterocycles. The molecule has 6 nitrogen and oxygen atoms in total. The zero-order valence-electron chi connectivity index (χ0n) is 17.7. The Hall–Kier alpha value is -0.600. The Morgan fingerprint density at radius 2 is 1.23 bits per heavy atom. The van der Waals surface area contributed by atoms with Gasteiger partial charge in [-0.2, -0.15) is 26.3 Å². The number of halogens is 6. The number of sulfonamides is 2. The van der Waals surface area contributed by atoms with Gasteiger partial charge in [0.1, 0.15) is 0 Å². The van der Waals surface area contributed by atoms with Crippen molar-refractivity contribution in [2.45, 2.75) is 82.7 Å². The van der Waals surface area contributed by atoms with E-state index >= 15 is 0 Å². The summed E-state index contributed by atoms with van der Waals surface area (Å²) in [7, 11) is -13.4. The summed E-state index contributed by atoms with van der Waals surface area (Å²) < 4.78 is 109. The van der Waals surface area contributed by atoms with Gasteiger partial charge in [-0.05, 0) is 12.8 Å². The van der Waals surface area contributed by atoms with Gasteiger partial charge in [-0.3, -0.25) is 0 Å². The quantitative estimate of drug-likeness (QED) is 0.338. The van der Waals surface area contributed by atoms with Crippen LogP contribution in [0.2, 0.25) is 0 Å². The van der Waals surface area contributed by atoms with Crippen molar-refractivity contribution in [2.24, 2.45) is 5.92 Å². The van der Waals surface area contributed by atoms with Gasteiger partial charge in [-0.15, -0.1) is 0 Å². The van der Waals surface area contributed by atoms with Gasteiger partial charge in [0, 0.05) is 12.3 Å². The highest BCUT2D eigenvalue weighted by Crippen LogP contribution is 2.36. The molecule has 0 aliphatic carbocycles. The average molecular weight is 507 g/mol. The van der Waals surface area contributed by atoms with E-state index in [1.807, 2.05) is 4.90 Å². The third-order valence-electron chi connectivity index (χ3n) is 4.79. The summed E-state index contributed by atoms with van der Waals surface area (Å²) in [6.45, 7) is 9.02. The lowest BCUT2D eigenvalue weighted by Gasteiger charge is -2.22. The second-order valence-electron chi connectivity index (χ2n) is 7.74. The Morgan fingerprint density at radius 3 is 1.58 bits per heavy atom. The number of nitrogens with zero attached hydrogens (tertiary/aromatic N) is 1. The summed E-state index contributed by atoms with van der Waals surface area (Å²) in [4.78, 5) is 1.87. The maximum atomic E-state index is 11.4. The molecule has 1 rings (SSSR count). The first-order chi connectivity index (χ1) is 14.0. The molecule has 14 heteroatoms. The molecule has 1 heterocycles. The molecule has 1 fully saturated rings. The predicted molar refractivity (Wildman–Crippen MR) is 105 cm³/mol. The molecule has 31 heavy (non-hydrogen) atoms. The molecule has 188 valence electrons. The molecule has 0 spiro atoms. The highest BCUT2D eigenvalue weighted by Gasteiger charge is 2.46. The minimum atomic E-state index is -6.72. The minimum Gasteiger partial charge on any atom is -0.421 e. The third kappa shape index (κ3) is 12.3. The number of alkyl halides is 6. The van der Waals surface area contributed by atoms with Gasteiger partial charge >= 0.3 is 11.0 Å². The van der Waals surface area contributed by atoms with Crippen LogP contribution in [0.1, 0.15) is 71.6 Å². The Bertz CT molecular complexity index is 667. The Labute approximate surface area is 180 Å². The normalized spacial score (nSPS) is 20.4. The molecule has 1 aliphatic rings. The van der Waals surface area contributed by atoms with Crippen LogP contribution in [0.4, 0.5) is 26.3 Å². The van der Waals surface area contributed by atoms with Gasteiger partial charge in [0.2, 0.25) is 0 Å². The van der Waals surface area contributed by atoms with E-state index in [4.69, 9.17) is 0 Å². The third-order valence-corrected chi connectivity index (χ3v) is 7.53. The van der Waals surface area contributed by atoms with Gasteiger partial charge in [0.25, 0.3) is 0 Å². The standard InChI is InChI=1S/C15H31N.C2F6NO4S2/c1-3-4-5-6-7-8-9-10-12-16-13-11-15(2)14-16;3-1(4,5)14(10,11)9-15(12,13)2(6,7)8/h15H,3-14H2,1-2H3;/q;-1/p+1. The van der Waals surface area contributed by atoms with Gasteiger partial charge in [0.15, 0.2) is 20.0 Å². The van der Waals surface area contributed by atoms with E-state index in [1.165, 1.54) is 77.4 Å². The molecular weight excluding hydrogens is 474 g/mol. The molecule has 0 saturated carbocycles. The number of hydrogen-bond acceptors (Lipinski definition) is 4. The lowest BCUT2D eigenvalue weighted by atomic mass is 10.1. The summed E-state index contributed by atoms with van der Waals surface area (Å²) in [5.74, 6) is 0.990. The molecule has 0 bridgehead atoms. The second kappa shape index (κ2) is 13.2. The SMILES string of the molecule is CCCCCCCCCC[NH+]1CCC(C)C1.O=S(=O)([N-]S(=O)(=O)C(F)(F)F)C(F)(F)F. The van der Waals surface area contributed by atoms with E-state index < -0.39 is 31.1 Å². The van der Waals surface area contributed by atoms with Gasteiger partial charge in [0.05, 0.1) is 19.6 Å². The van der Waals surface area contributed by atoms with Crippen molar-refractivity contribution in [1.29, 1.82) is 0 Å². The average Bonchev–Trinajstić information content (AvgIpc) is 3.00. The fraction of sp³-hybridized carbons (Fsp3) is 1.00. The van der Waals surface area contributed by atoms with Crippen molar-refractivity contribution in [2.75, 3.05) is 19.6 Å². The number of nitrogens with one attached hydrogen (secondary N) is 1. The monoisotopic (exact) mass is 506 g/mol. The molecule has 1 aliphatic heterocycles. The van der Waals surface area contributed by atoms with Crippen molar-refractivity contribution in [1.82, 2.24) is 0 Å². The van der Waals surface area contributed by atoms with Crippen LogP contribution in [0.5, 0.6) is 0 Å². The van der Waals surface area contributed by atoms with Crippen molar-refractivity contribution >= 4 is 20.0 Å². The molecule has 1 saturated heterocycles. The first-order valence-electron chi connectivity index (χ1n) is 10.2. The molecule has 0 aromatic carbocycles. The fourth-order valence-electron chi connectivity index (χ4n) is 3.10. The summed E-state index contributed by atoms with van der Waals surface area (Å²) in [6, 6.07) is 0. The van der Waals surface area contributed by atoms with Crippen LogP contribution >= 0.6 is 0 Å². The Balaban J connectivity index is 0.000000582. The van der Waals surface area contributed by atoms with E-state index in [1.54, 1.807) is 0 Å². The van der Waals surface area contributed by atoms with Gasteiger partial charge in [-0.1, -0.05) is 52.4 Å². The van der Waals surface area contributed by atoms with Crippen molar-refractivity contribution in [3.8, 4) is 0 Å². The van der Waals surface area contributed by atoms with Crippen LogP contribution < -0.4 is 4.90 Å². The molecular formula is C17H32F6N2O4S2. The number of likely N-dealkylation sites (tertiary alicyclic amines) is 1. The highest BCUT2D eigenvalue weighted by molar-refractivity contribution is 8.13. The molecule has 0 aromatic rings. The largest absolute Gasteiger partial charge is 0.480 e. The van der Waals surface area contributed by atoms with Crippen LogP contribution in [0.15, 0.2) is 0 Å². The van der Waals surface area contributed by atoms with Gasteiger partial charge in [-0.25, -0.2) is 16.8 Å².